The summed E-state index contributed by atoms with van der Waals surface area (Å²) in [6, 6.07) is -0.646. The fourth-order valence-corrected chi connectivity index (χ4v) is 8.60. The molecule has 2 atom stereocenters. The number of carbonyl (C=O) groups excluding carboxylic acids is 1. The van der Waals surface area contributed by atoms with Crippen molar-refractivity contribution >= 4 is 5.91 Å². The number of carbonyl (C=O) groups is 1. The van der Waals surface area contributed by atoms with Crippen LogP contribution in [0.3, 0.4) is 0 Å². The van der Waals surface area contributed by atoms with Gasteiger partial charge in [-0.1, -0.05) is 274 Å². The molecule has 0 rings (SSSR count). The van der Waals surface area contributed by atoms with Gasteiger partial charge in [-0.2, -0.15) is 0 Å². The van der Waals surface area contributed by atoms with E-state index in [1.165, 1.54) is 231 Å². The minimum atomic E-state index is -0.871. The molecule has 0 aromatic heterocycles. The molecule has 0 aromatic rings. The van der Waals surface area contributed by atoms with Gasteiger partial charge in [0.1, 0.15) is 0 Å². The third-order valence-electron chi connectivity index (χ3n) is 13.0. The van der Waals surface area contributed by atoms with E-state index in [0.29, 0.717) is 6.42 Å². The van der Waals surface area contributed by atoms with Gasteiger partial charge in [0, 0.05) is 6.42 Å². The first-order valence-corrected chi connectivity index (χ1v) is 28.5. The lowest BCUT2D eigenvalue weighted by Crippen LogP contribution is -2.45. The molecule has 0 bridgehead atoms. The Labute approximate surface area is 400 Å². The molecule has 2 unspecified atom stereocenters. The highest BCUT2D eigenvalue weighted by atomic mass is 16.3. The maximum atomic E-state index is 12.5. The van der Waals surface area contributed by atoms with E-state index >= 15 is 0 Å². The highest BCUT2D eigenvalue weighted by Crippen LogP contribution is 2.16. The molecule has 0 saturated heterocycles. The molecule has 374 valence electrons. The van der Waals surface area contributed by atoms with Gasteiger partial charge < -0.3 is 15.5 Å². The number of nitrogens with one attached hydrogen (secondary N) is 1. The summed E-state index contributed by atoms with van der Waals surface area (Å²) in [7, 11) is 0. The van der Waals surface area contributed by atoms with Crippen molar-refractivity contribution in [2.75, 3.05) is 6.61 Å². The number of hydrogen-bond donors (Lipinski definition) is 3. The van der Waals surface area contributed by atoms with Gasteiger partial charge in [0.25, 0.3) is 0 Å². The summed E-state index contributed by atoms with van der Waals surface area (Å²) in [4.78, 5) is 12.5. The summed E-state index contributed by atoms with van der Waals surface area (Å²) >= 11 is 0. The van der Waals surface area contributed by atoms with Crippen LogP contribution >= 0.6 is 0 Å². The van der Waals surface area contributed by atoms with Crippen LogP contribution in [0.2, 0.25) is 0 Å². The molecule has 0 aliphatic heterocycles. The van der Waals surface area contributed by atoms with Gasteiger partial charge in [0.2, 0.25) is 5.91 Å². The van der Waals surface area contributed by atoms with Crippen LogP contribution in [-0.2, 0) is 4.79 Å². The summed E-state index contributed by atoms with van der Waals surface area (Å²) in [6.45, 7) is 4.30. The van der Waals surface area contributed by atoms with Gasteiger partial charge in [-0.05, 0) is 77.0 Å². The number of rotatable bonds is 52. The first-order valence-electron chi connectivity index (χ1n) is 28.5. The first-order chi connectivity index (χ1) is 31.7. The number of aliphatic hydroxyl groups excluding tert-OH is 2. The van der Waals surface area contributed by atoms with Crippen molar-refractivity contribution in [1.29, 1.82) is 0 Å². The van der Waals surface area contributed by atoms with Crippen molar-refractivity contribution in [3.8, 4) is 0 Å². The van der Waals surface area contributed by atoms with Crippen LogP contribution in [0.1, 0.15) is 296 Å². The average Bonchev–Trinajstić information content (AvgIpc) is 3.30. The minimum Gasteiger partial charge on any atom is -0.394 e. The van der Waals surface area contributed by atoms with E-state index < -0.39 is 12.1 Å². The van der Waals surface area contributed by atoms with E-state index in [2.05, 4.69) is 67.8 Å². The molecule has 64 heavy (non-hydrogen) atoms. The highest BCUT2D eigenvalue weighted by molar-refractivity contribution is 5.76. The van der Waals surface area contributed by atoms with Crippen LogP contribution in [0.5, 0.6) is 0 Å². The third-order valence-corrected chi connectivity index (χ3v) is 13.0. The van der Waals surface area contributed by atoms with E-state index in [9.17, 15) is 15.0 Å². The molecule has 0 radical (unpaired) electrons. The summed E-state index contributed by atoms with van der Waals surface area (Å²) < 4.78 is 0. The topological polar surface area (TPSA) is 69.6 Å². The zero-order valence-electron chi connectivity index (χ0n) is 43.1. The van der Waals surface area contributed by atoms with Crippen LogP contribution in [-0.4, -0.2) is 34.9 Å². The molecule has 0 aliphatic carbocycles. The van der Waals surface area contributed by atoms with Gasteiger partial charge in [-0.15, -0.1) is 0 Å². The van der Waals surface area contributed by atoms with Crippen LogP contribution in [0, 0.1) is 0 Å². The molecule has 3 N–H and O–H groups in total. The Morgan fingerprint density at radius 3 is 1.00 bits per heavy atom. The lowest BCUT2D eigenvalue weighted by Gasteiger charge is -2.19. The number of hydrogen-bond acceptors (Lipinski definition) is 3. The summed E-state index contributed by atoms with van der Waals surface area (Å²) in [6.07, 6.45) is 78.2. The Morgan fingerprint density at radius 2 is 0.656 bits per heavy atom. The van der Waals surface area contributed by atoms with Gasteiger partial charge >= 0.3 is 0 Å². The van der Waals surface area contributed by atoms with Crippen LogP contribution in [0.25, 0.3) is 0 Å². The largest absolute Gasteiger partial charge is 0.394 e. The maximum absolute atomic E-state index is 12.5. The van der Waals surface area contributed by atoms with Crippen LogP contribution in [0.4, 0.5) is 0 Å². The second kappa shape index (κ2) is 55.4. The smallest absolute Gasteiger partial charge is 0.220 e. The summed E-state index contributed by atoms with van der Waals surface area (Å²) in [5, 5.41) is 23.1. The normalized spacial score (nSPS) is 13.2. The van der Waals surface area contributed by atoms with E-state index in [-0.39, 0.29) is 12.5 Å². The molecule has 1 amide bonds. The van der Waals surface area contributed by atoms with Crippen molar-refractivity contribution in [1.82, 2.24) is 5.32 Å². The van der Waals surface area contributed by atoms with Gasteiger partial charge in [-0.3, -0.25) is 4.79 Å². The number of amides is 1. The van der Waals surface area contributed by atoms with Gasteiger partial charge in [0.15, 0.2) is 0 Å². The van der Waals surface area contributed by atoms with Crippen molar-refractivity contribution in [3.63, 3.8) is 0 Å². The zero-order valence-corrected chi connectivity index (χ0v) is 43.1. The quantitative estimate of drug-likeness (QED) is 0.0421. The van der Waals surface area contributed by atoms with E-state index in [0.717, 1.165) is 44.9 Å². The van der Waals surface area contributed by atoms with Gasteiger partial charge in [-0.25, -0.2) is 0 Å². The van der Waals surface area contributed by atoms with E-state index in [4.69, 9.17) is 0 Å². The Bertz CT molecular complexity index is 1060. The molecule has 0 spiro atoms. The summed E-state index contributed by atoms with van der Waals surface area (Å²) in [5.74, 6) is -0.0746. The number of aliphatic hydroxyl groups is 2. The minimum absolute atomic E-state index is 0.0746. The Balaban J connectivity index is 3.49. The van der Waals surface area contributed by atoms with Crippen LogP contribution < -0.4 is 5.32 Å². The van der Waals surface area contributed by atoms with E-state index in [1.807, 2.05) is 6.08 Å². The summed E-state index contributed by atoms with van der Waals surface area (Å²) in [5.41, 5.74) is 0. The molecule has 0 saturated carbocycles. The Kier molecular flexibility index (Phi) is 53.8. The van der Waals surface area contributed by atoms with Crippen molar-refractivity contribution in [3.05, 3.63) is 60.8 Å². The van der Waals surface area contributed by atoms with Crippen LogP contribution in [0.15, 0.2) is 60.8 Å². The fraction of sp³-hybridized carbons (Fsp3) is 0.817. The van der Waals surface area contributed by atoms with Crippen molar-refractivity contribution in [2.24, 2.45) is 0 Å². The molecule has 0 aromatic carbocycles. The van der Waals surface area contributed by atoms with Gasteiger partial charge in [0.05, 0.1) is 18.8 Å². The standard InChI is InChI=1S/C60H111NO3/c1-3-5-7-9-11-13-15-17-19-21-23-24-25-26-27-28-29-30-31-32-33-34-35-36-38-40-42-44-46-48-50-52-54-56-60(64)61-58(57-62)59(63)55-53-51-49-47-45-43-41-39-37-22-20-18-16-14-12-10-8-6-4-2/h15,17,21,23,37,39,45,47,53,55,58-59,62-63H,3-14,16,18-20,22,24-36,38,40-44,46,48-52,54,56-57H2,1-2H3,(H,61,64)/b17-15-,23-21-,39-37+,47-45+,55-53+. The third kappa shape index (κ3) is 51.1. The predicted molar refractivity (Wildman–Crippen MR) is 285 cm³/mol. The highest BCUT2D eigenvalue weighted by Gasteiger charge is 2.18. The second-order valence-electron chi connectivity index (χ2n) is 19.3. The van der Waals surface area contributed by atoms with Crippen molar-refractivity contribution in [2.45, 2.75) is 309 Å². The number of unbranched alkanes of at least 4 members (excludes halogenated alkanes) is 37. The SMILES string of the molecule is CCCCCCC/C=C\C/C=C\CCCCCCCCCCCCCCCCCCCCCCCC(=O)NC(CO)C(O)/C=C/CC/C=C/CC/C=C/CCCCCCCCCCC. The van der Waals surface area contributed by atoms with E-state index in [1.54, 1.807) is 6.08 Å². The molecular weight excluding hydrogens is 783 g/mol. The lowest BCUT2D eigenvalue weighted by atomic mass is 10.0. The second-order valence-corrected chi connectivity index (χ2v) is 19.3. The molecule has 4 nitrogen and oxygen atoms in total. The van der Waals surface area contributed by atoms with Crippen molar-refractivity contribution < 1.29 is 15.0 Å². The average molecular weight is 895 g/mol. The molecule has 0 fully saturated rings. The molecule has 0 heterocycles. The monoisotopic (exact) mass is 894 g/mol. The predicted octanol–water partition coefficient (Wildman–Crippen LogP) is 18.8. The maximum Gasteiger partial charge on any atom is 0.220 e. The lowest BCUT2D eigenvalue weighted by molar-refractivity contribution is -0.123. The molecule has 0 aliphatic rings. The zero-order chi connectivity index (χ0) is 46.3. The Hall–Kier alpha value is -1.91. The molecular formula is C60H111NO3. The number of allylic oxidation sites excluding steroid dienone is 9. The molecule has 4 heteroatoms. The fourth-order valence-electron chi connectivity index (χ4n) is 8.60. The first kappa shape index (κ1) is 62.1. The Morgan fingerprint density at radius 1 is 0.375 bits per heavy atom.